The molecule has 0 spiro atoms. The molecule has 100 valence electrons. The lowest BCUT2D eigenvalue weighted by atomic mass is 10.1. The summed E-state index contributed by atoms with van der Waals surface area (Å²) in [5.74, 6) is 0. The standard InChI is InChI=1S/C12H18N2O3S/c1-10-2-3-12(8-11(10)9-13)18(15,16)14-4-6-17-7-5-14/h2-3,8H,4-7,9,13H2,1H3. The fourth-order valence-corrected chi connectivity index (χ4v) is 3.42. The molecule has 0 bridgehead atoms. The third kappa shape index (κ3) is 2.56. The van der Waals surface area contributed by atoms with Gasteiger partial charge in [0.25, 0.3) is 0 Å². The van der Waals surface area contributed by atoms with E-state index in [-0.39, 0.29) is 0 Å². The molecule has 0 aromatic heterocycles. The quantitative estimate of drug-likeness (QED) is 0.867. The average Bonchev–Trinajstić information content (AvgIpc) is 2.40. The van der Waals surface area contributed by atoms with Crippen LogP contribution in [0.25, 0.3) is 0 Å². The monoisotopic (exact) mass is 270 g/mol. The first-order chi connectivity index (χ1) is 8.55. The summed E-state index contributed by atoms with van der Waals surface area (Å²) in [4.78, 5) is 0.315. The van der Waals surface area contributed by atoms with Gasteiger partial charge in [-0.2, -0.15) is 4.31 Å². The second kappa shape index (κ2) is 5.36. The molecule has 1 aliphatic heterocycles. The van der Waals surface area contributed by atoms with Gasteiger partial charge in [0.15, 0.2) is 0 Å². The van der Waals surface area contributed by atoms with Crippen molar-refractivity contribution in [3.05, 3.63) is 29.3 Å². The normalized spacial score (nSPS) is 17.9. The van der Waals surface area contributed by atoms with Crippen LogP contribution in [0.5, 0.6) is 0 Å². The molecule has 2 rings (SSSR count). The van der Waals surface area contributed by atoms with E-state index in [1.54, 1.807) is 18.2 Å². The zero-order chi connectivity index (χ0) is 13.2. The molecule has 1 aromatic rings. The number of nitrogens with zero attached hydrogens (tertiary/aromatic N) is 1. The number of hydrogen-bond acceptors (Lipinski definition) is 4. The lowest BCUT2D eigenvalue weighted by Gasteiger charge is -2.26. The Morgan fingerprint density at radius 2 is 2.00 bits per heavy atom. The van der Waals surface area contributed by atoms with Crippen LogP contribution in [0, 0.1) is 6.92 Å². The number of hydrogen-bond donors (Lipinski definition) is 1. The SMILES string of the molecule is Cc1ccc(S(=O)(=O)N2CCOCC2)cc1CN. The topological polar surface area (TPSA) is 72.6 Å². The third-order valence-electron chi connectivity index (χ3n) is 3.15. The molecule has 0 aliphatic carbocycles. The summed E-state index contributed by atoms with van der Waals surface area (Å²) >= 11 is 0. The van der Waals surface area contributed by atoms with Gasteiger partial charge < -0.3 is 10.5 Å². The fraction of sp³-hybridized carbons (Fsp3) is 0.500. The van der Waals surface area contributed by atoms with E-state index in [9.17, 15) is 8.42 Å². The van der Waals surface area contributed by atoms with Gasteiger partial charge in [0.05, 0.1) is 18.1 Å². The first-order valence-electron chi connectivity index (χ1n) is 5.93. The first-order valence-corrected chi connectivity index (χ1v) is 7.37. The predicted molar refractivity (Wildman–Crippen MR) is 68.6 cm³/mol. The molecule has 1 aliphatic rings. The molecule has 2 N–H and O–H groups in total. The second-order valence-electron chi connectivity index (χ2n) is 4.31. The van der Waals surface area contributed by atoms with Gasteiger partial charge in [-0.25, -0.2) is 8.42 Å². The Balaban J connectivity index is 2.34. The van der Waals surface area contributed by atoms with Gasteiger partial charge in [-0.15, -0.1) is 0 Å². The van der Waals surface area contributed by atoms with Crippen LogP contribution in [0.4, 0.5) is 0 Å². The highest BCUT2D eigenvalue weighted by Gasteiger charge is 2.26. The summed E-state index contributed by atoms with van der Waals surface area (Å²) in [6.45, 7) is 4.00. The Kier molecular flexibility index (Phi) is 4.01. The molecule has 1 heterocycles. The van der Waals surface area contributed by atoms with Gasteiger partial charge in [-0.3, -0.25) is 0 Å². The van der Waals surface area contributed by atoms with Crippen LogP contribution in [0.15, 0.2) is 23.1 Å². The highest BCUT2D eigenvalue weighted by molar-refractivity contribution is 7.89. The van der Waals surface area contributed by atoms with Crippen molar-refractivity contribution in [1.82, 2.24) is 4.31 Å². The van der Waals surface area contributed by atoms with Gasteiger partial charge in [0.2, 0.25) is 10.0 Å². The van der Waals surface area contributed by atoms with Crippen LogP contribution in [-0.2, 0) is 21.3 Å². The maximum Gasteiger partial charge on any atom is 0.243 e. The molecule has 0 atom stereocenters. The Bertz CT molecular complexity index is 522. The Hall–Kier alpha value is -0.950. The lowest BCUT2D eigenvalue weighted by Crippen LogP contribution is -2.40. The van der Waals surface area contributed by atoms with Crippen molar-refractivity contribution in [2.45, 2.75) is 18.4 Å². The molecule has 1 saturated heterocycles. The number of morpholine rings is 1. The molecule has 0 radical (unpaired) electrons. The van der Waals surface area contributed by atoms with Crippen LogP contribution in [0.3, 0.4) is 0 Å². The molecular formula is C12H18N2O3S. The molecular weight excluding hydrogens is 252 g/mol. The Labute approximate surface area is 108 Å². The molecule has 1 fully saturated rings. The minimum absolute atomic E-state index is 0.315. The largest absolute Gasteiger partial charge is 0.379 e. The van der Waals surface area contributed by atoms with E-state index in [4.69, 9.17) is 10.5 Å². The summed E-state index contributed by atoms with van der Waals surface area (Å²) < 4.78 is 31.4. The average molecular weight is 270 g/mol. The number of benzene rings is 1. The van der Waals surface area contributed by atoms with Gasteiger partial charge in [0, 0.05) is 19.6 Å². The van der Waals surface area contributed by atoms with Crippen LogP contribution in [-0.4, -0.2) is 39.0 Å². The molecule has 1 aromatic carbocycles. The lowest BCUT2D eigenvalue weighted by molar-refractivity contribution is 0.0730. The van der Waals surface area contributed by atoms with Crippen LogP contribution >= 0.6 is 0 Å². The summed E-state index contributed by atoms with van der Waals surface area (Å²) in [5, 5.41) is 0. The zero-order valence-electron chi connectivity index (χ0n) is 10.4. The molecule has 0 amide bonds. The number of rotatable bonds is 3. The molecule has 5 nitrogen and oxygen atoms in total. The predicted octanol–water partition coefficient (Wildman–Crippen LogP) is 0.475. The van der Waals surface area contributed by atoms with Crippen molar-refractivity contribution >= 4 is 10.0 Å². The minimum Gasteiger partial charge on any atom is -0.379 e. The van der Waals surface area contributed by atoms with Crippen molar-refractivity contribution in [2.75, 3.05) is 26.3 Å². The van der Waals surface area contributed by atoms with E-state index in [2.05, 4.69) is 0 Å². The van der Waals surface area contributed by atoms with Gasteiger partial charge in [-0.1, -0.05) is 6.07 Å². The molecule has 0 unspecified atom stereocenters. The van der Waals surface area contributed by atoms with Crippen molar-refractivity contribution in [1.29, 1.82) is 0 Å². The van der Waals surface area contributed by atoms with E-state index in [1.165, 1.54) is 4.31 Å². The third-order valence-corrected chi connectivity index (χ3v) is 5.04. The molecule has 6 heteroatoms. The van der Waals surface area contributed by atoms with Crippen molar-refractivity contribution in [3.63, 3.8) is 0 Å². The zero-order valence-corrected chi connectivity index (χ0v) is 11.2. The highest BCUT2D eigenvalue weighted by atomic mass is 32.2. The number of ether oxygens (including phenoxy) is 1. The fourth-order valence-electron chi connectivity index (χ4n) is 1.96. The summed E-state index contributed by atoms with van der Waals surface area (Å²) in [7, 11) is -3.41. The molecule has 0 saturated carbocycles. The smallest absolute Gasteiger partial charge is 0.243 e. The maximum atomic E-state index is 12.4. The van der Waals surface area contributed by atoms with Gasteiger partial charge in [-0.05, 0) is 30.2 Å². The van der Waals surface area contributed by atoms with E-state index < -0.39 is 10.0 Å². The number of aryl methyl sites for hydroxylation is 1. The first kappa shape index (κ1) is 13.5. The van der Waals surface area contributed by atoms with E-state index >= 15 is 0 Å². The van der Waals surface area contributed by atoms with E-state index in [0.29, 0.717) is 37.7 Å². The summed E-state index contributed by atoms with van der Waals surface area (Å²) in [6, 6.07) is 5.11. The number of nitrogens with two attached hydrogens (primary N) is 1. The van der Waals surface area contributed by atoms with Crippen molar-refractivity contribution in [3.8, 4) is 0 Å². The van der Waals surface area contributed by atoms with E-state index in [1.807, 2.05) is 6.92 Å². The highest BCUT2D eigenvalue weighted by Crippen LogP contribution is 2.20. The summed E-state index contributed by atoms with van der Waals surface area (Å²) in [6.07, 6.45) is 0. The molecule has 18 heavy (non-hydrogen) atoms. The Morgan fingerprint density at radius 1 is 1.33 bits per heavy atom. The second-order valence-corrected chi connectivity index (χ2v) is 6.25. The van der Waals surface area contributed by atoms with E-state index in [0.717, 1.165) is 11.1 Å². The minimum atomic E-state index is -3.41. The summed E-state index contributed by atoms with van der Waals surface area (Å²) in [5.41, 5.74) is 7.49. The van der Waals surface area contributed by atoms with Crippen molar-refractivity contribution < 1.29 is 13.2 Å². The maximum absolute atomic E-state index is 12.4. The number of sulfonamides is 1. The van der Waals surface area contributed by atoms with Gasteiger partial charge in [0.1, 0.15) is 0 Å². The van der Waals surface area contributed by atoms with Crippen LogP contribution in [0.2, 0.25) is 0 Å². The van der Waals surface area contributed by atoms with Crippen molar-refractivity contribution in [2.24, 2.45) is 5.73 Å². The Morgan fingerprint density at radius 3 is 2.61 bits per heavy atom. The van der Waals surface area contributed by atoms with Crippen LogP contribution in [0.1, 0.15) is 11.1 Å². The van der Waals surface area contributed by atoms with Gasteiger partial charge >= 0.3 is 0 Å². The van der Waals surface area contributed by atoms with Crippen LogP contribution < -0.4 is 5.73 Å².